The summed E-state index contributed by atoms with van der Waals surface area (Å²) < 4.78 is 4.69. The number of carbonyl (C=O) groups is 1. The van der Waals surface area contributed by atoms with E-state index in [2.05, 4.69) is 19.9 Å². The summed E-state index contributed by atoms with van der Waals surface area (Å²) in [6.45, 7) is 2.03. The summed E-state index contributed by atoms with van der Waals surface area (Å²) in [5.74, 6) is -0.367. The van der Waals surface area contributed by atoms with Gasteiger partial charge >= 0.3 is 5.97 Å². The fraction of sp³-hybridized carbons (Fsp3) is 0.143. The molecule has 0 saturated carbocycles. The molecule has 5 nitrogen and oxygen atoms in total. The van der Waals surface area contributed by atoms with Gasteiger partial charge in [0.05, 0.1) is 18.8 Å². The zero-order valence-electron chi connectivity index (χ0n) is 10.7. The van der Waals surface area contributed by atoms with Crippen LogP contribution in [-0.4, -0.2) is 28.3 Å². The van der Waals surface area contributed by atoms with Crippen LogP contribution < -0.4 is 0 Å². The van der Waals surface area contributed by atoms with Crippen LogP contribution in [0.15, 0.2) is 30.5 Å². The normalized spacial score (nSPS) is 10.8. The summed E-state index contributed by atoms with van der Waals surface area (Å²) in [7, 11) is 1.37. The molecule has 0 unspecified atom stereocenters. The van der Waals surface area contributed by atoms with E-state index in [-0.39, 0.29) is 5.97 Å². The van der Waals surface area contributed by atoms with Crippen LogP contribution in [0.4, 0.5) is 0 Å². The summed E-state index contributed by atoms with van der Waals surface area (Å²) in [5, 5.41) is 8.05. The van der Waals surface area contributed by atoms with Crippen molar-refractivity contribution in [3.8, 4) is 11.3 Å². The molecule has 0 saturated heterocycles. The standard InChI is InChI=1S/C14H13N3O2/c1-8-9(3-4-12-10(8)7-15-17-12)11-5-6-13(16-11)14(18)19-2/h3-7,16H,1-2H3,(H,15,17). The van der Waals surface area contributed by atoms with Crippen molar-refractivity contribution in [1.29, 1.82) is 0 Å². The second kappa shape index (κ2) is 4.28. The Morgan fingerprint density at radius 3 is 2.89 bits per heavy atom. The number of H-pyrrole nitrogens is 2. The summed E-state index contributed by atoms with van der Waals surface area (Å²) in [6, 6.07) is 7.58. The molecule has 0 atom stereocenters. The van der Waals surface area contributed by atoms with E-state index in [1.807, 2.05) is 25.1 Å². The SMILES string of the molecule is COC(=O)c1ccc(-c2ccc3[nH]ncc3c2C)[nH]1. The fourth-order valence-corrected chi connectivity index (χ4v) is 2.23. The van der Waals surface area contributed by atoms with Crippen molar-refractivity contribution in [1.82, 2.24) is 15.2 Å². The van der Waals surface area contributed by atoms with Crippen LogP contribution in [0.1, 0.15) is 16.1 Å². The average Bonchev–Trinajstić information content (AvgIpc) is 3.07. The number of rotatable bonds is 2. The number of hydrogen-bond donors (Lipinski definition) is 2. The van der Waals surface area contributed by atoms with E-state index >= 15 is 0 Å². The van der Waals surface area contributed by atoms with E-state index in [9.17, 15) is 4.79 Å². The second-order valence-electron chi connectivity index (χ2n) is 4.35. The highest BCUT2D eigenvalue weighted by Crippen LogP contribution is 2.28. The number of aryl methyl sites for hydroxylation is 1. The molecule has 96 valence electrons. The van der Waals surface area contributed by atoms with Crippen LogP contribution in [0.25, 0.3) is 22.2 Å². The molecule has 0 radical (unpaired) electrons. The van der Waals surface area contributed by atoms with Gasteiger partial charge in [0.2, 0.25) is 0 Å². The topological polar surface area (TPSA) is 70.8 Å². The first-order chi connectivity index (χ1) is 9.20. The lowest BCUT2D eigenvalue weighted by Crippen LogP contribution is -2.01. The summed E-state index contributed by atoms with van der Waals surface area (Å²) in [6.07, 6.45) is 1.80. The van der Waals surface area contributed by atoms with Crippen LogP contribution in [-0.2, 0) is 4.74 Å². The Kier molecular flexibility index (Phi) is 2.59. The quantitative estimate of drug-likeness (QED) is 0.691. The smallest absolute Gasteiger partial charge is 0.354 e. The largest absolute Gasteiger partial charge is 0.464 e. The minimum atomic E-state index is -0.367. The number of hydrogen-bond acceptors (Lipinski definition) is 3. The number of nitrogens with zero attached hydrogens (tertiary/aromatic N) is 1. The van der Waals surface area contributed by atoms with Crippen LogP contribution >= 0.6 is 0 Å². The molecule has 0 aliphatic heterocycles. The summed E-state index contributed by atoms with van der Waals surface area (Å²) >= 11 is 0. The predicted octanol–water partition coefficient (Wildman–Crippen LogP) is 2.65. The molecule has 0 bridgehead atoms. The van der Waals surface area contributed by atoms with Gasteiger partial charge in [-0.3, -0.25) is 5.10 Å². The average molecular weight is 255 g/mol. The lowest BCUT2D eigenvalue weighted by atomic mass is 10.0. The number of ether oxygens (including phenoxy) is 1. The molecule has 2 heterocycles. The molecule has 1 aromatic carbocycles. The van der Waals surface area contributed by atoms with Crippen molar-refractivity contribution in [3.63, 3.8) is 0 Å². The van der Waals surface area contributed by atoms with Gasteiger partial charge in [-0.1, -0.05) is 6.07 Å². The van der Waals surface area contributed by atoms with Gasteiger partial charge in [0.15, 0.2) is 0 Å². The van der Waals surface area contributed by atoms with Crippen LogP contribution in [0.2, 0.25) is 0 Å². The van der Waals surface area contributed by atoms with Gasteiger partial charge in [0, 0.05) is 16.6 Å². The van der Waals surface area contributed by atoms with Gasteiger partial charge in [-0.15, -0.1) is 0 Å². The molecule has 2 aromatic heterocycles. The number of fused-ring (bicyclic) bond motifs is 1. The molecule has 2 N–H and O–H groups in total. The monoisotopic (exact) mass is 255 g/mol. The maximum atomic E-state index is 11.4. The third kappa shape index (κ3) is 1.79. The number of carbonyl (C=O) groups excluding carboxylic acids is 1. The Labute approximate surface area is 109 Å². The molecule has 0 spiro atoms. The molecule has 0 aliphatic carbocycles. The third-order valence-corrected chi connectivity index (χ3v) is 3.27. The first-order valence-corrected chi connectivity index (χ1v) is 5.91. The second-order valence-corrected chi connectivity index (χ2v) is 4.35. The lowest BCUT2D eigenvalue weighted by molar-refractivity contribution is 0.0595. The minimum Gasteiger partial charge on any atom is -0.464 e. The number of aromatic amines is 2. The number of methoxy groups -OCH3 is 1. The van der Waals surface area contributed by atoms with Crippen molar-refractivity contribution in [3.05, 3.63) is 41.7 Å². The zero-order valence-corrected chi connectivity index (χ0v) is 10.7. The van der Waals surface area contributed by atoms with Crippen molar-refractivity contribution >= 4 is 16.9 Å². The van der Waals surface area contributed by atoms with E-state index in [1.165, 1.54) is 7.11 Å². The van der Waals surface area contributed by atoms with Crippen LogP contribution in [0.5, 0.6) is 0 Å². The lowest BCUT2D eigenvalue weighted by Gasteiger charge is -2.04. The minimum absolute atomic E-state index is 0.367. The van der Waals surface area contributed by atoms with Gasteiger partial charge in [-0.05, 0) is 30.7 Å². The van der Waals surface area contributed by atoms with Crippen LogP contribution in [0, 0.1) is 6.92 Å². The Morgan fingerprint density at radius 2 is 2.11 bits per heavy atom. The van der Waals surface area contributed by atoms with Crippen molar-refractivity contribution < 1.29 is 9.53 Å². The third-order valence-electron chi connectivity index (χ3n) is 3.27. The van der Waals surface area contributed by atoms with E-state index in [0.717, 1.165) is 27.7 Å². The van der Waals surface area contributed by atoms with Gasteiger partial charge in [-0.25, -0.2) is 4.79 Å². The van der Waals surface area contributed by atoms with Crippen LogP contribution in [0.3, 0.4) is 0 Å². The maximum absolute atomic E-state index is 11.4. The molecule has 19 heavy (non-hydrogen) atoms. The van der Waals surface area contributed by atoms with Gasteiger partial charge in [-0.2, -0.15) is 5.10 Å². The summed E-state index contributed by atoms with van der Waals surface area (Å²) in [5.41, 5.74) is 4.50. The van der Waals surface area contributed by atoms with Crippen molar-refractivity contribution in [2.45, 2.75) is 6.92 Å². The highest BCUT2D eigenvalue weighted by atomic mass is 16.5. The first-order valence-electron chi connectivity index (χ1n) is 5.91. The highest BCUT2D eigenvalue weighted by Gasteiger charge is 2.12. The first kappa shape index (κ1) is 11.5. The number of nitrogens with one attached hydrogen (secondary N) is 2. The molecule has 3 rings (SSSR count). The number of esters is 1. The van der Waals surface area contributed by atoms with E-state index in [1.54, 1.807) is 12.3 Å². The van der Waals surface area contributed by atoms with Crippen molar-refractivity contribution in [2.24, 2.45) is 0 Å². The number of benzene rings is 1. The fourth-order valence-electron chi connectivity index (χ4n) is 2.23. The summed E-state index contributed by atoms with van der Waals surface area (Å²) in [4.78, 5) is 14.5. The molecular formula is C14H13N3O2. The molecule has 3 aromatic rings. The Morgan fingerprint density at radius 1 is 1.26 bits per heavy atom. The molecule has 0 aliphatic rings. The molecule has 0 fully saturated rings. The van der Waals surface area contributed by atoms with Gasteiger partial charge in [0.25, 0.3) is 0 Å². The molecule has 0 amide bonds. The van der Waals surface area contributed by atoms with E-state index in [0.29, 0.717) is 5.69 Å². The predicted molar refractivity (Wildman–Crippen MR) is 72.0 cm³/mol. The van der Waals surface area contributed by atoms with E-state index in [4.69, 9.17) is 0 Å². The Balaban J connectivity index is 2.11. The van der Waals surface area contributed by atoms with Gasteiger partial charge in [0.1, 0.15) is 5.69 Å². The maximum Gasteiger partial charge on any atom is 0.354 e. The Hall–Kier alpha value is -2.56. The Bertz CT molecular complexity index is 755. The highest BCUT2D eigenvalue weighted by molar-refractivity contribution is 5.91. The molecule has 5 heteroatoms. The molecular weight excluding hydrogens is 242 g/mol. The van der Waals surface area contributed by atoms with Crippen molar-refractivity contribution in [2.75, 3.05) is 7.11 Å². The van der Waals surface area contributed by atoms with E-state index < -0.39 is 0 Å². The van der Waals surface area contributed by atoms with Gasteiger partial charge < -0.3 is 9.72 Å². The number of aromatic nitrogens is 3. The zero-order chi connectivity index (χ0) is 13.4.